The Morgan fingerprint density at radius 2 is 2.04 bits per heavy atom. The molecule has 0 spiro atoms. The monoisotopic (exact) mass is 350 g/mol. The second-order valence-corrected chi connectivity index (χ2v) is 7.07. The molecule has 2 aromatic heterocycles. The normalized spacial score (nSPS) is 12.6. The first-order chi connectivity index (χ1) is 11.0. The summed E-state index contributed by atoms with van der Waals surface area (Å²) in [6.45, 7) is 2.22. The summed E-state index contributed by atoms with van der Waals surface area (Å²) in [5.41, 5.74) is 7.34. The second kappa shape index (κ2) is 6.13. The molecule has 4 N–H and O–H groups in total. The van der Waals surface area contributed by atoms with Crippen molar-refractivity contribution in [3.8, 4) is 0 Å². The average molecular weight is 351 g/mol. The summed E-state index contributed by atoms with van der Waals surface area (Å²) in [6, 6.07) is 7.23. The van der Waals surface area contributed by atoms with Gasteiger partial charge in [0.05, 0.1) is 6.54 Å². The fraction of sp³-hybridized carbons (Fsp3) is 0.214. The van der Waals surface area contributed by atoms with Gasteiger partial charge in [-0.15, -0.1) is 0 Å². The van der Waals surface area contributed by atoms with Gasteiger partial charge in [0.1, 0.15) is 5.52 Å². The third-order valence-corrected chi connectivity index (χ3v) is 4.85. The zero-order chi connectivity index (χ0) is 16.6. The summed E-state index contributed by atoms with van der Waals surface area (Å²) in [7, 11) is -0.854. The molecule has 0 amide bonds. The molecule has 0 aliphatic rings. The van der Waals surface area contributed by atoms with Crippen LogP contribution in [-0.4, -0.2) is 25.3 Å². The molecule has 1 aromatic carbocycles. The molecule has 0 aliphatic carbocycles. The molecular formula is C14H15ClN6OS. The van der Waals surface area contributed by atoms with E-state index in [1.165, 1.54) is 4.57 Å². The summed E-state index contributed by atoms with van der Waals surface area (Å²) in [4.78, 5) is 23.4. The zero-order valence-corrected chi connectivity index (χ0v) is 13.9. The van der Waals surface area contributed by atoms with E-state index in [0.717, 1.165) is 5.56 Å². The molecule has 3 rings (SSSR count). The Morgan fingerprint density at radius 3 is 2.70 bits per heavy atom. The number of benzene rings is 1. The molecule has 0 fully saturated rings. The molecule has 3 aromatic rings. The van der Waals surface area contributed by atoms with Crippen LogP contribution < -0.4 is 11.4 Å². The minimum atomic E-state index is -0.854. The van der Waals surface area contributed by atoms with Gasteiger partial charge in [0.2, 0.25) is 5.16 Å². The van der Waals surface area contributed by atoms with Gasteiger partial charge in [0, 0.05) is 10.8 Å². The van der Waals surface area contributed by atoms with E-state index in [1.54, 1.807) is 12.1 Å². The number of hydrogen-bond acceptors (Lipinski definition) is 5. The highest BCUT2D eigenvalue weighted by atomic mass is 35.5. The highest BCUT2D eigenvalue weighted by Gasteiger charge is 2.15. The third kappa shape index (κ3) is 2.99. The zero-order valence-electron chi connectivity index (χ0n) is 12.3. The number of aromatic nitrogens is 4. The smallest absolute Gasteiger partial charge is 0.328 e. The van der Waals surface area contributed by atoms with Crippen molar-refractivity contribution in [2.24, 2.45) is 0 Å². The van der Waals surface area contributed by atoms with E-state index in [1.807, 2.05) is 19.1 Å². The fourth-order valence-corrected chi connectivity index (χ4v) is 2.98. The predicted octanol–water partition coefficient (Wildman–Crippen LogP) is 2.16. The Labute approximate surface area is 139 Å². The van der Waals surface area contributed by atoms with Crippen molar-refractivity contribution in [1.82, 2.24) is 19.5 Å². The first-order valence-corrected chi connectivity index (χ1v) is 8.69. The van der Waals surface area contributed by atoms with Crippen molar-refractivity contribution < 1.29 is 0 Å². The highest BCUT2D eigenvalue weighted by molar-refractivity contribution is 7.85. The van der Waals surface area contributed by atoms with Crippen molar-refractivity contribution in [2.45, 2.75) is 18.6 Å². The standard InChI is InChI=1S/C14H15ClN6OS/c1-2-23(17)13-19-11(16)10-12(20-13)21(14(22)18-10)7-8-3-5-9(15)6-4-8/h3-6,17H,2,7H2,1H3,(H,18,22)(H2,16,19,20). The van der Waals surface area contributed by atoms with E-state index >= 15 is 0 Å². The number of nitrogens with one attached hydrogen (secondary N) is 2. The predicted molar refractivity (Wildman–Crippen MR) is 92.0 cm³/mol. The van der Waals surface area contributed by atoms with Gasteiger partial charge in [-0.1, -0.05) is 30.7 Å². The van der Waals surface area contributed by atoms with E-state index in [0.29, 0.717) is 33.6 Å². The van der Waals surface area contributed by atoms with Gasteiger partial charge in [0.25, 0.3) is 0 Å². The fourth-order valence-electron chi connectivity index (χ4n) is 2.19. The lowest BCUT2D eigenvalue weighted by atomic mass is 10.2. The van der Waals surface area contributed by atoms with Crippen LogP contribution >= 0.6 is 11.6 Å². The van der Waals surface area contributed by atoms with Gasteiger partial charge >= 0.3 is 5.69 Å². The van der Waals surface area contributed by atoms with Gasteiger partial charge in [-0.25, -0.2) is 14.8 Å². The average Bonchev–Trinajstić information content (AvgIpc) is 2.85. The van der Waals surface area contributed by atoms with Crippen molar-refractivity contribution in [1.29, 1.82) is 4.78 Å². The molecule has 1 atom stereocenters. The lowest BCUT2D eigenvalue weighted by molar-refractivity contribution is 0.771. The summed E-state index contributed by atoms with van der Waals surface area (Å²) >= 11 is 5.88. The van der Waals surface area contributed by atoms with Crippen LogP contribution in [0.5, 0.6) is 0 Å². The number of nitrogens with two attached hydrogens (primary N) is 1. The lowest BCUT2D eigenvalue weighted by Gasteiger charge is -2.06. The van der Waals surface area contributed by atoms with Gasteiger partial charge in [0.15, 0.2) is 11.5 Å². The Bertz CT molecular complexity index is 946. The van der Waals surface area contributed by atoms with Crippen LogP contribution in [0.1, 0.15) is 12.5 Å². The topological polar surface area (TPSA) is 113 Å². The SMILES string of the molecule is CCS(=N)c1nc(N)c2[nH]c(=O)n(Cc3ccc(Cl)cc3)c2n1. The molecule has 0 saturated carbocycles. The molecule has 120 valence electrons. The summed E-state index contributed by atoms with van der Waals surface area (Å²) in [5, 5.41) is 0.983. The number of imidazole rings is 1. The Balaban J connectivity index is 2.14. The lowest BCUT2D eigenvalue weighted by Crippen LogP contribution is -2.18. The molecule has 2 heterocycles. The minimum absolute atomic E-state index is 0.190. The Hall–Kier alpha value is -2.19. The number of rotatable bonds is 4. The number of hydrogen-bond donors (Lipinski definition) is 3. The van der Waals surface area contributed by atoms with Gasteiger partial charge in [-0.05, 0) is 28.4 Å². The molecule has 23 heavy (non-hydrogen) atoms. The summed E-state index contributed by atoms with van der Waals surface area (Å²) in [6.07, 6.45) is 0. The van der Waals surface area contributed by atoms with Crippen LogP contribution in [0.15, 0.2) is 34.2 Å². The first kappa shape index (κ1) is 15.7. The Morgan fingerprint density at radius 1 is 1.35 bits per heavy atom. The van der Waals surface area contributed by atoms with Gasteiger partial charge < -0.3 is 10.7 Å². The number of nitrogen functional groups attached to an aromatic ring is 1. The molecule has 0 aliphatic heterocycles. The number of H-pyrrole nitrogens is 1. The number of nitrogens with zero attached hydrogens (tertiary/aromatic N) is 3. The largest absolute Gasteiger partial charge is 0.382 e. The summed E-state index contributed by atoms with van der Waals surface area (Å²) in [5.74, 6) is 0.784. The quantitative estimate of drug-likeness (QED) is 0.625. The molecule has 0 saturated heterocycles. The maximum Gasteiger partial charge on any atom is 0.328 e. The van der Waals surface area contributed by atoms with Crippen molar-refractivity contribution in [3.05, 3.63) is 45.3 Å². The maximum atomic E-state index is 12.2. The maximum absolute atomic E-state index is 12.2. The van der Waals surface area contributed by atoms with Crippen molar-refractivity contribution in [3.63, 3.8) is 0 Å². The Kier molecular flexibility index (Phi) is 4.18. The van der Waals surface area contributed by atoms with E-state index < -0.39 is 10.7 Å². The molecule has 7 nitrogen and oxygen atoms in total. The number of aromatic amines is 1. The molecule has 1 unspecified atom stereocenters. The van der Waals surface area contributed by atoms with E-state index in [4.69, 9.17) is 22.1 Å². The van der Waals surface area contributed by atoms with Crippen LogP contribution in [0.2, 0.25) is 5.02 Å². The molecule has 9 heteroatoms. The van der Waals surface area contributed by atoms with Crippen molar-refractivity contribution >= 4 is 39.3 Å². The number of halogens is 1. The first-order valence-electron chi connectivity index (χ1n) is 6.92. The van der Waals surface area contributed by atoms with Gasteiger partial charge in [-0.3, -0.25) is 9.35 Å². The molecular weight excluding hydrogens is 336 g/mol. The van der Waals surface area contributed by atoms with Crippen LogP contribution in [0.3, 0.4) is 0 Å². The molecule has 0 radical (unpaired) electrons. The number of anilines is 1. The minimum Gasteiger partial charge on any atom is -0.382 e. The molecule has 0 bridgehead atoms. The van der Waals surface area contributed by atoms with E-state index in [9.17, 15) is 4.79 Å². The van der Waals surface area contributed by atoms with Gasteiger partial charge in [-0.2, -0.15) is 0 Å². The number of fused-ring (bicyclic) bond motifs is 1. The van der Waals surface area contributed by atoms with Crippen LogP contribution in [-0.2, 0) is 17.2 Å². The van der Waals surface area contributed by atoms with E-state index in [2.05, 4.69) is 15.0 Å². The van der Waals surface area contributed by atoms with Crippen LogP contribution in [0, 0.1) is 4.78 Å². The highest BCUT2D eigenvalue weighted by Crippen LogP contribution is 2.17. The second-order valence-electron chi connectivity index (χ2n) is 4.91. The summed E-state index contributed by atoms with van der Waals surface area (Å²) < 4.78 is 9.48. The van der Waals surface area contributed by atoms with Crippen LogP contribution in [0.4, 0.5) is 5.82 Å². The third-order valence-electron chi connectivity index (χ3n) is 3.39. The van der Waals surface area contributed by atoms with E-state index in [-0.39, 0.29) is 11.5 Å². The van der Waals surface area contributed by atoms with Crippen molar-refractivity contribution in [2.75, 3.05) is 11.5 Å². The van der Waals surface area contributed by atoms with Crippen LogP contribution in [0.25, 0.3) is 11.2 Å².